The molecule has 54 valence electrons. The largest absolute Gasteiger partial charge is 0.264 e. The molecule has 0 spiro atoms. The first-order valence-electron chi connectivity index (χ1n) is 3.23. The molecular formula is C6H13NO2. The normalized spacial score (nSPS) is 16.8. The van der Waals surface area contributed by atoms with Crippen molar-refractivity contribution < 1.29 is 4.92 Å². The van der Waals surface area contributed by atoms with Crippen LogP contribution in [0, 0.1) is 16.0 Å². The zero-order valence-corrected chi connectivity index (χ0v) is 6.13. The summed E-state index contributed by atoms with van der Waals surface area (Å²) in [5, 5.41) is 10.1. The van der Waals surface area contributed by atoms with Crippen LogP contribution in [0.1, 0.15) is 27.2 Å². The summed E-state index contributed by atoms with van der Waals surface area (Å²) in [5.41, 5.74) is 0. The second-order valence-electron chi connectivity index (χ2n) is 2.41. The minimum Gasteiger partial charge on any atom is -0.264 e. The zero-order valence-electron chi connectivity index (χ0n) is 6.13. The van der Waals surface area contributed by atoms with Crippen LogP contribution in [0.2, 0.25) is 0 Å². The third kappa shape index (κ3) is 2.44. The van der Waals surface area contributed by atoms with Crippen LogP contribution in [0.5, 0.6) is 0 Å². The van der Waals surface area contributed by atoms with Gasteiger partial charge in [-0.05, 0) is 6.42 Å². The fourth-order valence-corrected chi connectivity index (χ4v) is 0.549. The van der Waals surface area contributed by atoms with E-state index in [1.54, 1.807) is 6.92 Å². The van der Waals surface area contributed by atoms with E-state index in [0.717, 1.165) is 6.42 Å². The van der Waals surface area contributed by atoms with E-state index in [9.17, 15) is 10.1 Å². The lowest BCUT2D eigenvalue weighted by Crippen LogP contribution is -2.22. The molecule has 0 aliphatic heterocycles. The lowest BCUT2D eigenvalue weighted by molar-refractivity contribution is -0.527. The van der Waals surface area contributed by atoms with Gasteiger partial charge in [-0.3, -0.25) is 10.1 Å². The molecular weight excluding hydrogens is 118 g/mol. The molecule has 0 saturated heterocycles. The molecule has 0 bridgehead atoms. The first-order valence-corrected chi connectivity index (χ1v) is 3.23. The molecule has 0 heterocycles. The molecule has 0 aliphatic rings. The summed E-state index contributed by atoms with van der Waals surface area (Å²) in [5.74, 6) is 0.194. The van der Waals surface area contributed by atoms with E-state index < -0.39 is 6.04 Å². The molecule has 2 atom stereocenters. The maximum Gasteiger partial charge on any atom is 0.212 e. The van der Waals surface area contributed by atoms with Crippen molar-refractivity contribution in [3.8, 4) is 0 Å². The van der Waals surface area contributed by atoms with Crippen molar-refractivity contribution in [2.75, 3.05) is 0 Å². The highest BCUT2D eigenvalue weighted by atomic mass is 16.6. The summed E-state index contributed by atoms with van der Waals surface area (Å²) in [6.07, 6.45) is 0.877. The Hall–Kier alpha value is -0.600. The van der Waals surface area contributed by atoms with Crippen molar-refractivity contribution in [2.45, 2.75) is 33.2 Å². The molecule has 0 aliphatic carbocycles. The Morgan fingerprint density at radius 2 is 2.00 bits per heavy atom. The number of hydrogen-bond acceptors (Lipinski definition) is 2. The molecule has 9 heavy (non-hydrogen) atoms. The molecule has 0 amide bonds. The fraction of sp³-hybridized carbons (Fsp3) is 1.00. The van der Waals surface area contributed by atoms with E-state index in [-0.39, 0.29) is 10.8 Å². The summed E-state index contributed by atoms with van der Waals surface area (Å²) in [6.45, 7) is 5.51. The van der Waals surface area contributed by atoms with Crippen LogP contribution < -0.4 is 0 Å². The third-order valence-corrected chi connectivity index (χ3v) is 1.80. The van der Waals surface area contributed by atoms with E-state index in [4.69, 9.17) is 0 Å². The predicted molar refractivity (Wildman–Crippen MR) is 35.9 cm³/mol. The van der Waals surface area contributed by atoms with Crippen LogP contribution in [-0.4, -0.2) is 11.0 Å². The number of rotatable bonds is 3. The van der Waals surface area contributed by atoms with Gasteiger partial charge in [-0.1, -0.05) is 13.8 Å². The van der Waals surface area contributed by atoms with Gasteiger partial charge in [0.25, 0.3) is 0 Å². The molecule has 0 saturated carbocycles. The molecule has 0 aromatic carbocycles. The van der Waals surface area contributed by atoms with Gasteiger partial charge < -0.3 is 0 Å². The van der Waals surface area contributed by atoms with Gasteiger partial charge in [-0.2, -0.15) is 0 Å². The van der Waals surface area contributed by atoms with Gasteiger partial charge in [-0.15, -0.1) is 0 Å². The van der Waals surface area contributed by atoms with Crippen molar-refractivity contribution in [3.05, 3.63) is 10.1 Å². The molecule has 0 fully saturated rings. The highest BCUT2D eigenvalue weighted by Crippen LogP contribution is 2.08. The fourth-order valence-electron chi connectivity index (χ4n) is 0.549. The zero-order chi connectivity index (χ0) is 7.44. The van der Waals surface area contributed by atoms with E-state index >= 15 is 0 Å². The van der Waals surface area contributed by atoms with E-state index in [1.165, 1.54) is 0 Å². The standard InChI is InChI=1S/C6H13NO2/c1-4-5(2)6(3)7(8)9/h5-6H,4H2,1-3H3/t5?,6-/m1/s1. The molecule has 1 unspecified atom stereocenters. The van der Waals surface area contributed by atoms with E-state index in [0.29, 0.717) is 0 Å². The van der Waals surface area contributed by atoms with E-state index in [1.807, 2.05) is 13.8 Å². The molecule has 0 aromatic rings. The lowest BCUT2D eigenvalue weighted by atomic mass is 10.0. The number of hydrogen-bond donors (Lipinski definition) is 0. The summed E-state index contributed by atoms with van der Waals surface area (Å²) >= 11 is 0. The molecule has 3 nitrogen and oxygen atoms in total. The molecule has 3 heteroatoms. The Labute approximate surface area is 55.2 Å². The summed E-state index contributed by atoms with van der Waals surface area (Å²) in [4.78, 5) is 9.88. The van der Waals surface area contributed by atoms with Crippen molar-refractivity contribution in [1.29, 1.82) is 0 Å². The maximum absolute atomic E-state index is 10.1. The highest BCUT2D eigenvalue weighted by Gasteiger charge is 2.19. The van der Waals surface area contributed by atoms with Gasteiger partial charge in [0.15, 0.2) is 0 Å². The predicted octanol–water partition coefficient (Wildman–Crippen LogP) is 1.70. The van der Waals surface area contributed by atoms with Gasteiger partial charge in [0, 0.05) is 17.8 Å². The van der Waals surface area contributed by atoms with Crippen LogP contribution in [0.3, 0.4) is 0 Å². The van der Waals surface area contributed by atoms with E-state index in [2.05, 4.69) is 0 Å². The summed E-state index contributed by atoms with van der Waals surface area (Å²) < 4.78 is 0. The molecule has 0 aromatic heterocycles. The quantitative estimate of drug-likeness (QED) is 0.432. The van der Waals surface area contributed by atoms with Gasteiger partial charge in [0.1, 0.15) is 0 Å². The second kappa shape index (κ2) is 3.43. The lowest BCUT2D eigenvalue weighted by Gasteiger charge is -2.08. The van der Waals surface area contributed by atoms with Gasteiger partial charge in [0.05, 0.1) is 0 Å². The van der Waals surface area contributed by atoms with Gasteiger partial charge >= 0.3 is 0 Å². The summed E-state index contributed by atoms with van der Waals surface area (Å²) in [7, 11) is 0. The highest BCUT2D eigenvalue weighted by molar-refractivity contribution is 4.56. The Morgan fingerprint density at radius 1 is 1.56 bits per heavy atom. The molecule has 0 radical (unpaired) electrons. The first-order chi connectivity index (χ1) is 4.09. The summed E-state index contributed by atoms with van der Waals surface area (Å²) in [6, 6.07) is -0.394. The average Bonchev–Trinajstić information content (AvgIpc) is 1.84. The Morgan fingerprint density at radius 3 is 2.11 bits per heavy atom. The second-order valence-corrected chi connectivity index (χ2v) is 2.41. The van der Waals surface area contributed by atoms with Crippen molar-refractivity contribution in [1.82, 2.24) is 0 Å². The monoisotopic (exact) mass is 131 g/mol. The minimum atomic E-state index is -0.394. The van der Waals surface area contributed by atoms with Crippen molar-refractivity contribution >= 4 is 0 Å². The smallest absolute Gasteiger partial charge is 0.212 e. The Balaban J connectivity index is 3.72. The Kier molecular flexibility index (Phi) is 3.20. The van der Waals surface area contributed by atoms with Crippen LogP contribution in [0.25, 0.3) is 0 Å². The van der Waals surface area contributed by atoms with Crippen LogP contribution in [0.15, 0.2) is 0 Å². The number of nitrogens with zero attached hydrogens (tertiary/aromatic N) is 1. The minimum absolute atomic E-state index is 0.194. The van der Waals surface area contributed by atoms with Gasteiger partial charge in [0.2, 0.25) is 6.04 Å². The topological polar surface area (TPSA) is 43.1 Å². The van der Waals surface area contributed by atoms with Crippen molar-refractivity contribution in [2.24, 2.45) is 5.92 Å². The van der Waals surface area contributed by atoms with Gasteiger partial charge in [-0.25, -0.2) is 0 Å². The maximum atomic E-state index is 10.1. The van der Waals surface area contributed by atoms with Crippen LogP contribution >= 0.6 is 0 Å². The van der Waals surface area contributed by atoms with Crippen LogP contribution in [-0.2, 0) is 0 Å². The van der Waals surface area contributed by atoms with Crippen molar-refractivity contribution in [3.63, 3.8) is 0 Å². The number of nitro groups is 1. The van der Waals surface area contributed by atoms with Crippen LogP contribution in [0.4, 0.5) is 0 Å². The Bertz CT molecular complexity index is 103. The first kappa shape index (κ1) is 8.40. The average molecular weight is 131 g/mol. The molecule has 0 N–H and O–H groups in total. The molecule has 0 rings (SSSR count). The SMILES string of the molecule is CCC(C)[C@@H](C)[N+](=O)[O-]. The third-order valence-electron chi connectivity index (χ3n) is 1.80.